The highest BCUT2D eigenvalue weighted by molar-refractivity contribution is 5.68. The fourth-order valence-corrected chi connectivity index (χ4v) is 2.90. The van der Waals surface area contributed by atoms with Gasteiger partial charge < -0.3 is 20.5 Å². The minimum Gasteiger partial charge on any atom is -0.506 e. The summed E-state index contributed by atoms with van der Waals surface area (Å²) in [4.78, 5) is 11.8. The lowest BCUT2D eigenvalue weighted by molar-refractivity contribution is -0.137. The van der Waals surface area contributed by atoms with Gasteiger partial charge in [-0.3, -0.25) is 0 Å². The Kier molecular flexibility index (Phi) is 5.93. The molecule has 3 N–H and O–H groups in total. The number of rotatable bonds is 3. The molecule has 0 radical (unpaired) electrons. The zero-order valence-electron chi connectivity index (χ0n) is 15.1. The van der Waals surface area contributed by atoms with Crippen LogP contribution >= 0.6 is 0 Å². The normalized spacial score (nSPS) is 21.2. The van der Waals surface area contributed by atoms with E-state index in [2.05, 4.69) is 10.6 Å². The number of hydrogen-bond acceptors (Lipinski definition) is 4. The molecule has 1 aliphatic carbocycles. The standard InChI is InChI=1S/C18H25F3N2O3/c1-17(2,3)26-16(25)23-13-7-5-12(6-8-13)22-14-10-11(18(19,20)21)4-9-15(14)24/h4,9-10,12-13,22,24H,5-8H2,1-3H3,(H,23,25). The highest BCUT2D eigenvalue weighted by Crippen LogP contribution is 2.35. The number of amides is 1. The fourth-order valence-electron chi connectivity index (χ4n) is 2.90. The largest absolute Gasteiger partial charge is 0.506 e. The highest BCUT2D eigenvalue weighted by atomic mass is 19.4. The summed E-state index contributed by atoms with van der Waals surface area (Å²) in [6.45, 7) is 5.36. The maximum atomic E-state index is 12.8. The number of anilines is 1. The Morgan fingerprint density at radius 1 is 1.12 bits per heavy atom. The molecule has 0 saturated heterocycles. The fraction of sp³-hybridized carbons (Fsp3) is 0.611. The van der Waals surface area contributed by atoms with Crippen molar-refractivity contribution >= 4 is 11.8 Å². The van der Waals surface area contributed by atoms with Gasteiger partial charge in [0.05, 0.1) is 11.3 Å². The van der Waals surface area contributed by atoms with E-state index in [0.29, 0.717) is 25.7 Å². The predicted octanol–water partition coefficient (Wildman–Crippen LogP) is 4.66. The first kappa shape index (κ1) is 20.2. The molecule has 2 rings (SSSR count). The van der Waals surface area contributed by atoms with E-state index in [1.807, 2.05) is 0 Å². The van der Waals surface area contributed by atoms with E-state index in [4.69, 9.17) is 4.74 Å². The number of carbonyl (C=O) groups is 1. The van der Waals surface area contributed by atoms with E-state index in [1.54, 1.807) is 20.8 Å². The van der Waals surface area contributed by atoms with E-state index in [0.717, 1.165) is 18.2 Å². The van der Waals surface area contributed by atoms with Gasteiger partial charge in [-0.25, -0.2) is 4.79 Å². The Morgan fingerprint density at radius 3 is 2.23 bits per heavy atom. The highest BCUT2D eigenvalue weighted by Gasteiger charge is 2.31. The lowest BCUT2D eigenvalue weighted by Gasteiger charge is -2.31. The molecule has 0 atom stereocenters. The van der Waals surface area contributed by atoms with Gasteiger partial charge in [-0.2, -0.15) is 13.2 Å². The average Bonchev–Trinajstić information content (AvgIpc) is 2.48. The van der Waals surface area contributed by atoms with Crippen LogP contribution in [0.2, 0.25) is 0 Å². The molecule has 1 aliphatic rings. The third kappa shape index (κ3) is 6.00. The summed E-state index contributed by atoms with van der Waals surface area (Å²) in [5, 5.41) is 15.6. The predicted molar refractivity (Wildman–Crippen MR) is 92.1 cm³/mol. The molecule has 0 bridgehead atoms. The van der Waals surface area contributed by atoms with Gasteiger partial charge in [0.1, 0.15) is 11.4 Å². The zero-order valence-corrected chi connectivity index (χ0v) is 15.1. The van der Waals surface area contributed by atoms with Gasteiger partial charge in [-0.15, -0.1) is 0 Å². The van der Waals surface area contributed by atoms with Crippen molar-refractivity contribution in [1.82, 2.24) is 5.32 Å². The average molecular weight is 374 g/mol. The molecule has 0 spiro atoms. The van der Waals surface area contributed by atoms with Crippen LogP contribution in [0.4, 0.5) is 23.7 Å². The third-order valence-corrected chi connectivity index (χ3v) is 4.13. The van der Waals surface area contributed by atoms with Crippen LogP contribution in [0.3, 0.4) is 0 Å². The minimum atomic E-state index is -4.46. The quantitative estimate of drug-likeness (QED) is 0.673. The summed E-state index contributed by atoms with van der Waals surface area (Å²) < 4.78 is 43.6. The van der Waals surface area contributed by atoms with Crippen molar-refractivity contribution in [3.05, 3.63) is 23.8 Å². The lowest BCUT2D eigenvalue weighted by Crippen LogP contribution is -2.42. The van der Waals surface area contributed by atoms with Crippen molar-refractivity contribution in [2.24, 2.45) is 0 Å². The van der Waals surface area contributed by atoms with Crippen molar-refractivity contribution in [3.63, 3.8) is 0 Å². The number of alkyl carbamates (subject to hydrolysis) is 1. The summed E-state index contributed by atoms with van der Waals surface area (Å²) in [5.41, 5.74) is -1.30. The molecule has 146 valence electrons. The molecule has 0 unspecified atom stereocenters. The molecule has 1 amide bonds. The molecular formula is C18H25F3N2O3. The maximum absolute atomic E-state index is 12.8. The topological polar surface area (TPSA) is 70.6 Å². The second-order valence-electron chi connectivity index (χ2n) is 7.57. The van der Waals surface area contributed by atoms with Gasteiger partial charge in [-0.1, -0.05) is 0 Å². The second kappa shape index (κ2) is 7.63. The first-order chi connectivity index (χ1) is 11.9. The number of alkyl halides is 3. The van der Waals surface area contributed by atoms with Crippen LogP contribution in [0.5, 0.6) is 5.75 Å². The minimum absolute atomic E-state index is 0.0296. The smallest absolute Gasteiger partial charge is 0.416 e. The van der Waals surface area contributed by atoms with Gasteiger partial charge in [0.15, 0.2) is 0 Å². The Morgan fingerprint density at radius 2 is 1.69 bits per heavy atom. The van der Waals surface area contributed by atoms with Gasteiger partial charge >= 0.3 is 12.3 Å². The molecular weight excluding hydrogens is 349 g/mol. The number of hydrogen-bond donors (Lipinski definition) is 3. The van der Waals surface area contributed by atoms with Crippen LogP contribution < -0.4 is 10.6 Å². The number of phenols is 1. The number of nitrogens with one attached hydrogen (secondary N) is 2. The first-order valence-corrected chi connectivity index (χ1v) is 8.60. The molecule has 26 heavy (non-hydrogen) atoms. The molecule has 5 nitrogen and oxygen atoms in total. The molecule has 1 aromatic carbocycles. The number of ether oxygens (including phenoxy) is 1. The molecule has 1 aromatic rings. The van der Waals surface area contributed by atoms with E-state index in [1.165, 1.54) is 0 Å². The Hall–Kier alpha value is -2.12. The molecule has 1 saturated carbocycles. The van der Waals surface area contributed by atoms with Crippen LogP contribution in [0.25, 0.3) is 0 Å². The van der Waals surface area contributed by atoms with E-state index in [9.17, 15) is 23.1 Å². The monoisotopic (exact) mass is 374 g/mol. The van der Waals surface area contributed by atoms with E-state index < -0.39 is 23.4 Å². The SMILES string of the molecule is CC(C)(C)OC(=O)NC1CCC(Nc2cc(C(F)(F)F)ccc2O)CC1. The van der Waals surface area contributed by atoms with Crippen molar-refractivity contribution in [3.8, 4) is 5.75 Å². The van der Waals surface area contributed by atoms with Gasteiger partial charge in [0.25, 0.3) is 0 Å². The van der Waals surface area contributed by atoms with E-state index >= 15 is 0 Å². The Bertz CT molecular complexity index is 634. The van der Waals surface area contributed by atoms with Crippen molar-refractivity contribution in [2.45, 2.75) is 70.3 Å². The van der Waals surface area contributed by atoms with E-state index in [-0.39, 0.29) is 23.5 Å². The third-order valence-electron chi connectivity index (χ3n) is 4.13. The van der Waals surface area contributed by atoms with Gasteiger partial charge in [-0.05, 0) is 64.7 Å². The number of aromatic hydroxyl groups is 1. The number of phenolic OH excluding ortho intramolecular Hbond substituents is 1. The van der Waals surface area contributed by atoms with Gasteiger partial charge in [0.2, 0.25) is 0 Å². The van der Waals surface area contributed by atoms with Crippen LogP contribution in [0.15, 0.2) is 18.2 Å². The lowest BCUT2D eigenvalue weighted by atomic mass is 9.91. The van der Waals surface area contributed by atoms with Crippen molar-refractivity contribution in [2.75, 3.05) is 5.32 Å². The number of halogens is 3. The van der Waals surface area contributed by atoms with Crippen LogP contribution in [0, 0.1) is 0 Å². The first-order valence-electron chi connectivity index (χ1n) is 8.60. The number of benzene rings is 1. The zero-order chi connectivity index (χ0) is 19.5. The molecule has 0 heterocycles. The summed E-state index contributed by atoms with van der Waals surface area (Å²) in [6, 6.07) is 2.71. The molecule has 0 aliphatic heterocycles. The summed E-state index contributed by atoms with van der Waals surface area (Å²) >= 11 is 0. The second-order valence-corrected chi connectivity index (χ2v) is 7.57. The van der Waals surface area contributed by atoms with Crippen LogP contribution in [0.1, 0.15) is 52.0 Å². The van der Waals surface area contributed by atoms with Crippen LogP contribution in [-0.4, -0.2) is 28.9 Å². The van der Waals surface area contributed by atoms with Gasteiger partial charge in [0, 0.05) is 12.1 Å². The van der Waals surface area contributed by atoms with Crippen LogP contribution in [-0.2, 0) is 10.9 Å². The summed E-state index contributed by atoms with van der Waals surface area (Å²) in [5.74, 6) is -0.216. The van der Waals surface area contributed by atoms with Crippen molar-refractivity contribution in [1.29, 1.82) is 0 Å². The maximum Gasteiger partial charge on any atom is 0.416 e. The Balaban J connectivity index is 1.88. The number of carbonyl (C=O) groups excluding carboxylic acids is 1. The molecule has 1 fully saturated rings. The summed E-state index contributed by atoms with van der Waals surface area (Å²) in [7, 11) is 0. The Labute approximate surface area is 150 Å². The molecule has 0 aromatic heterocycles. The van der Waals surface area contributed by atoms with Crippen molar-refractivity contribution < 1.29 is 27.8 Å². The summed E-state index contributed by atoms with van der Waals surface area (Å²) in [6.07, 6.45) is -2.25. The molecule has 8 heteroatoms.